The molecule has 3 rings (SSSR count). The van der Waals surface area contributed by atoms with Crippen LogP contribution in [0, 0.1) is 0 Å². The molecule has 3 N–H and O–H groups in total. The summed E-state index contributed by atoms with van der Waals surface area (Å²) in [7, 11) is 1.81. The number of ether oxygens (including phenoxy) is 1. The van der Waals surface area contributed by atoms with Gasteiger partial charge in [0.1, 0.15) is 12.4 Å². The van der Waals surface area contributed by atoms with Gasteiger partial charge in [0.2, 0.25) is 0 Å². The van der Waals surface area contributed by atoms with E-state index in [0.717, 1.165) is 5.39 Å². The Labute approximate surface area is 125 Å². The number of aryl methyl sites for hydroxylation is 1. The quantitative estimate of drug-likeness (QED) is 0.565. The maximum absolute atomic E-state index is 5.83. The minimum absolute atomic E-state index is 0.220. The lowest BCUT2D eigenvalue weighted by atomic mass is 10.3. The molecular formula is C13H13ClN6O. The van der Waals surface area contributed by atoms with E-state index in [9.17, 15) is 0 Å². The number of halogens is 1. The summed E-state index contributed by atoms with van der Waals surface area (Å²) in [6, 6.07) is 7.09. The number of aromatic nitrogens is 4. The van der Waals surface area contributed by atoms with E-state index in [-0.39, 0.29) is 6.61 Å². The minimum Gasteiger partial charge on any atom is -0.486 e. The Morgan fingerprint density at radius 1 is 1.29 bits per heavy atom. The number of nitrogens with zero attached hydrogens (tertiary/aromatic N) is 4. The monoisotopic (exact) mass is 304 g/mol. The molecule has 0 amide bonds. The highest BCUT2D eigenvalue weighted by Gasteiger charge is 2.11. The molecule has 0 radical (unpaired) electrons. The molecule has 0 atom stereocenters. The van der Waals surface area contributed by atoms with Crippen LogP contribution >= 0.6 is 11.6 Å². The molecule has 2 heterocycles. The predicted molar refractivity (Wildman–Crippen MR) is 79.9 cm³/mol. The van der Waals surface area contributed by atoms with Crippen LogP contribution in [-0.2, 0) is 13.7 Å². The first-order valence-corrected chi connectivity index (χ1v) is 6.59. The molecule has 0 saturated heterocycles. The van der Waals surface area contributed by atoms with Gasteiger partial charge in [-0.1, -0.05) is 11.6 Å². The highest BCUT2D eigenvalue weighted by molar-refractivity contribution is 6.30. The fourth-order valence-corrected chi connectivity index (χ4v) is 2.05. The first-order chi connectivity index (χ1) is 10.2. The molecule has 0 saturated carbocycles. The molecule has 0 aliphatic carbocycles. The van der Waals surface area contributed by atoms with Crippen molar-refractivity contribution in [3.05, 3.63) is 41.3 Å². The normalized spacial score (nSPS) is 10.8. The summed E-state index contributed by atoms with van der Waals surface area (Å²) in [5.41, 5.74) is 3.24. The second-order valence-corrected chi connectivity index (χ2v) is 4.82. The molecule has 0 aliphatic heterocycles. The van der Waals surface area contributed by atoms with Crippen molar-refractivity contribution in [3.8, 4) is 5.75 Å². The van der Waals surface area contributed by atoms with Crippen LogP contribution in [0.2, 0.25) is 5.02 Å². The van der Waals surface area contributed by atoms with E-state index < -0.39 is 0 Å². The number of hydrogen-bond acceptors (Lipinski definition) is 6. The van der Waals surface area contributed by atoms with Crippen LogP contribution in [0.4, 0.5) is 5.82 Å². The third-order valence-corrected chi connectivity index (χ3v) is 3.21. The zero-order valence-corrected chi connectivity index (χ0v) is 12.0. The van der Waals surface area contributed by atoms with Crippen LogP contribution in [0.1, 0.15) is 5.82 Å². The van der Waals surface area contributed by atoms with Gasteiger partial charge < -0.3 is 10.2 Å². The van der Waals surface area contributed by atoms with Crippen molar-refractivity contribution in [2.75, 3.05) is 5.43 Å². The summed E-state index contributed by atoms with van der Waals surface area (Å²) in [5.74, 6) is 7.20. The number of hydrogen-bond donors (Lipinski definition) is 2. The Morgan fingerprint density at radius 2 is 2.05 bits per heavy atom. The van der Waals surface area contributed by atoms with Gasteiger partial charge in [-0.2, -0.15) is 5.10 Å². The van der Waals surface area contributed by atoms with Crippen molar-refractivity contribution < 1.29 is 4.74 Å². The topological polar surface area (TPSA) is 90.9 Å². The van der Waals surface area contributed by atoms with E-state index in [2.05, 4.69) is 20.5 Å². The van der Waals surface area contributed by atoms with Crippen LogP contribution in [0.3, 0.4) is 0 Å². The molecule has 108 valence electrons. The van der Waals surface area contributed by atoms with Crippen molar-refractivity contribution >= 4 is 28.5 Å². The van der Waals surface area contributed by atoms with Gasteiger partial charge in [-0.3, -0.25) is 4.68 Å². The van der Waals surface area contributed by atoms with Crippen LogP contribution in [0.25, 0.3) is 11.0 Å². The SMILES string of the molecule is Cn1ncc2c(NN)nc(COc3ccc(Cl)cc3)nc21. The number of anilines is 1. The summed E-state index contributed by atoms with van der Waals surface area (Å²) in [6.07, 6.45) is 1.66. The summed E-state index contributed by atoms with van der Waals surface area (Å²) in [5, 5.41) is 5.55. The van der Waals surface area contributed by atoms with Crippen molar-refractivity contribution in [1.82, 2.24) is 19.7 Å². The molecule has 0 aliphatic rings. The Balaban J connectivity index is 1.86. The summed E-state index contributed by atoms with van der Waals surface area (Å²) in [4.78, 5) is 8.73. The van der Waals surface area contributed by atoms with Crippen LogP contribution in [0.5, 0.6) is 5.75 Å². The van der Waals surface area contributed by atoms with Crippen molar-refractivity contribution in [3.63, 3.8) is 0 Å². The largest absolute Gasteiger partial charge is 0.486 e. The lowest BCUT2D eigenvalue weighted by Crippen LogP contribution is -2.12. The van der Waals surface area contributed by atoms with Crippen molar-refractivity contribution in [1.29, 1.82) is 0 Å². The predicted octanol–water partition coefficient (Wildman–Crippen LogP) is 1.88. The highest BCUT2D eigenvalue weighted by Crippen LogP contribution is 2.20. The Bertz CT molecular complexity index is 770. The Morgan fingerprint density at radius 3 is 2.76 bits per heavy atom. The molecule has 0 spiro atoms. The molecule has 3 aromatic rings. The average molecular weight is 305 g/mol. The van der Waals surface area contributed by atoms with Gasteiger partial charge in [0.05, 0.1) is 11.6 Å². The van der Waals surface area contributed by atoms with Gasteiger partial charge in [0.25, 0.3) is 0 Å². The molecule has 21 heavy (non-hydrogen) atoms. The van der Waals surface area contributed by atoms with E-state index in [0.29, 0.717) is 28.1 Å². The van der Waals surface area contributed by atoms with Crippen LogP contribution < -0.4 is 16.0 Å². The van der Waals surface area contributed by atoms with Gasteiger partial charge in [0.15, 0.2) is 17.3 Å². The van der Waals surface area contributed by atoms with Crippen molar-refractivity contribution in [2.24, 2.45) is 12.9 Å². The zero-order chi connectivity index (χ0) is 14.8. The maximum Gasteiger partial charge on any atom is 0.170 e. The number of nitrogen functional groups attached to an aromatic ring is 1. The van der Waals surface area contributed by atoms with E-state index >= 15 is 0 Å². The van der Waals surface area contributed by atoms with Gasteiger partial charge in [-0.15, -0.1) is 0 Å². The van der Waals surface area contributed by atoms with E-state index in [1.807, 2.05) is 0 Å². The zero-order valence-electron chi connectivity index (χ0n) is 11.2. The third kappa shape index (κ3) is 2.74. The first kappa shape index (κ1) is 13.6. The number of benzene rings is 1. The van der Waals surface area contributed by atoms with Crippen LogP contribution in [0.15, 0.2) is 30.5 Å². The average Bonchev–Trinajstić information content (AvgIpc) is 2.87. The van der Waals surface area contributed by atoms with E-state index in [4.69, 9.17) is 22.2 Å². The summed E-state index contributed by atoms with van der Waals surface area (Å²) < 4.78 is 7.29. The Hall–Kier alpha value is -2.38. The second kappa shape index (κ2) is 5.55. The summed E-state index contributed by atoms with van der Waals surface area (Å²) in [6.45, 7) is 0.220. The smallest absolute Gasteiger partial charge is 0.170 e. The fraction of sp³-hybridized carbons (Fsp3) is 0.154. The molecule has 7 nitrogen and oxygen atoms in total. The van der Waals surface area contributed by atoms with Crippen molar-refractivity contribution in [2.45, 2.75) is 6.61 Å². The lowest BCUT2D eigenvalue weighted by molar-refractivity contribution is 0.296. The maximum atomic E-state index is 5.83. The summed E-state index contributed by atoms with van der Waals surface area (Å²) >= 11 is 5.83. The second-order valence-electron chi connectivity index (χ2n) is 4.38. The van der Waals surface area contributed by atoms with Gasteiger partial charge in [0, 0.05) is 12.1 Å². The molecule has 0 fully saturated rings. The van der Waals surface area contributed by atoms with Gasteiger partial charge in [-0.05, 0) is 24.3 Å². The van der Waals surface area contributed by atoms with Gasteiger partial charge >= 0.3 is 0 Å². The molecule has 8 heteroatoms. The van der Waals surface area contributed by atoms with Crippen LogP contribution in [-0.4, -0.2) is 19.7 Å². The lowest BCUT2D eigenvalue weighted by Gasteiger charge is -2.08. The highest BCUT2D eigenvalue weighted by atomic mass is 35.5. The number of fused-ring (bicyclic) bond motifs is 1. The van der Waals surface area contributed by atoms with E-state index in [1.54, 1.807) is 42.2 Å². The first-order valence-electron chi connectivity index (χ1n) is 6.21. The number of hydrazine groups is 1. The molecule has 1 aromatic carbocycles. The third-order valence-electron chi connectivity index (χ3n) is 2.96. The molecular weight excluding hydrogens is 292 g/mol. The van der Waals surface area contributed by atoms with Gasteiger partial charge in [-0.25, -0.2) is 15.8 Å². The number of nitrogens with two attached hydrogens (primary N) is 1. The molecule has 0 bridgehead atoms. The standard InChI is InChI=1S/C13H13ClN6O/c1-20-13-10(6-16-20)12(19-15)17-11(18-13)7-21-9-4-2-8(14)3-5-9/h2-6H,7,15H2,1H3,(H,17,18,19). The molecule has 2 aromatic heterocycles. The minimum atomic E-state index is 0.220. The fourth-order valence-electron chi connectivity index (χ4n) is 1.92. The molecule has 0 unspecified atom stereocenters. The Kier molecular flexibility index (Phi) is 3.59. The number of rotatable bonds is 4. The number of nitrogens with one attached hydrogen (secondary N) is 1. The van der Waals surface area contributed by atoms with E-state index in [1.165, 1.54) is 0 Å².